The minimum absolute atomic E-state index is 0.0989. The summed E-state index contributed by atoms with van der Waals surface area (Å²) >= 11 is 1.09. The molecule has 6 heteroatoms. The lowest BCUT2D eigenvalue weighted by molar-refractivity contribution is -0.118. The Morgan fingerprint density at radius 1 is 1.17 bits per heavy atom. The van der Waals surface area contributed by atoms with Gasteiger partial charge in [-0.05, 0) is 31.2 Å². The molecule has 2 rings (SSSR count). The molecule has 0 saturated heterocycles. The molecule has 1 N–H and O–H groups in total. The largest absolute Gasteiger partial charge is 0.492 e. The number of benzene rings is 2. The van der Waals surface area contributed by atoms with E-state index in [4.69, 9.17) is 4.74 Å². The van der Waals surface area contributed by atoms with Crippen LogP contribution in [0.2, 0.25) is 0 Å². The average Bonchev–Trinajstić information content (AvgIpc) is 2.58. The molecule has 0 fully saturated rings. The summed E-state index contributed by atoms with van der Waals surface area (Å²) in [7, 11) is 0. The van der Waals surface area contributed by atoms with E-state index in [2.05, 4.69) is 5.32 Å². The molecule has 0 aliphatic rings. The summed E-state index contributed by atoms with van der Waals surface area (Å²) in [5.41, 5.74) is 0.319. The maximum absolute atomic E-state index is 13.8. The normalized spacial score (nSPS) is 10.2. The second kappa shape index (κ2) is 9.08. The van der Waals surface area contributed by atoms with Gasteiger partial charge >= 0.3 is 0 Å². The summed E-state index contributed by atoms with van der Waals surface area (Å²) in [4.78, 5) is 23.3. The highest BCUT2D eigenvalue weighted by atomic mass is 32.2. The molecule has 1 amide bonds. The highest BCUT2D eigenvalue weighted by Gasteiger charge is 2.09. The molecule has 0 saturated carbocycles. The fourth-order valence-corrected chi connectivity index (χ4v) is 2.66. The van der Waals surface area contributed by atoms with Crippen LogP contribution in [0.3, 0.4) is 0 Å². The van der Waals surface area contributed by atoms with Crippen molar-refractivity contribution in [2.75, 3.05) is 18.9 Å². The van der Waals surface area contributed by atoms with Gasteiger partial charge in [-0.2, -0.15) is 0 Å². The number of rotatable bonds is 8. The van der Waals surface area contributed by atoms with Crippen molar-refractivity contribution in [2.45, 2.75) is 11.8 Å². The molecule has 0 aliphatic heterocycles. The van der Waals surface area contributed by atoms with E-state index in [1.165, 1.54) is 19.1 Å². The molecular formula is C18H18FNO3S. The van der Waals surface area contributed by atoms with Crippen LogP contribution < -0.4 is 10.1 Å². The first-order valence-electron chi connectivity index (χ1n) is 7.44. The molecule has 0 bridgehead atoms. The first kappa shape index (κ1) is 18.0. The number of ether oxygens (including phenoxy) is 1. The predicted octanol–water partition coefficient (Wildman–Crippen LogP) is 3.32. The molecule has 0 aliphatic carbocycles. The first-order valence-corrected chi connectivity index (χ1v) is 8.42. The van der Waals surface area contributed by atoms with Crippen LogP contribution in [0.15, 0.2) is 53.4 Å². The number of ketones is 1. The lowest BCUT2D eigenvalue weighted by Gasteiger charge is -2.08. The Morgan fingerprint density at radius 2 is 1.92 bits per heavy atom. The van der Waals surface area contributed by atoms with Crippen LogP contribution in [0.25, 0.3) is 0 Å². The van der Waals surface area contributed by atoms with Crippen LogP contribution in [0.5, 0.6) is 5.75 Å². The number of carbonyl (C=O) groups is 2. The molecule has 2 aromatic carbocycles. The lowest BCUT2D eigenvalue weighted by Crippen LogP contribution is -2.29. The third kappa shape index (κ3) is 5.70. The quantitative estimate of drug-likeness (QED) is 0.452. The summed E-state index contributed by atoms with van der Waals surface area (Å²) in [6.07, 6.45) is 0. The molecule has 0 heterocycles. The zero-order chi connectivity index (χ0) is 17.4. The van der Waals surface area contributed by atoms with Gasteiger partial charge in [0.05, 0.1) is 12.3 Å². The zero-order valence-corrected chi connectivity index (χ0v) is 14.1. The Morgan fingerprint density at radius 3 is 2.58 bits per heavy atom. The van der Waals surface area contributed by atoms with Crippen molar-refractivity contribution in [2.24, 2.45) is 0 Å². The predicted molar refractivity (Wildman–Crippen MR) is 92.1 cm³/mol. The van der Waals surface area contributed by atoms with Crippen LogP contribution in [0.4, 0.5) is 4.39 Å². The van der Waals surface area contributed by atoms with Crippen LogP contribution in [-0.4, -0.2) is 30.6 Å². The lowest BCUT2D eigenvalue weighted by atomic mass is 10.1. The minimum atomic E-state index is -0.493. The zero-order valence-electron chi connectivity index (χ0n) is 13.3. The number of amides is 1. The van der Waals surface area contributed by atoms with Crippen molar-refractivity contribution < 1.29 is 18.7 Å². The molecule has 24 heavy (non-hydrogen) atoms. The maximum atomic E-state index is 13.8. The van der Waals surface area contributed by atoms with Gasteiger partial charge < -0.3 is 10.1 Å². The third-order valence-electron chi connectivity index (χ3n) is 3.13. The van der Waals surface area contributed by atoms with Crippen molar-refractivity contribution in [1.29, 1.82) is 0 Å². The van der Waals surface area contributed by atoms with Gasteiger partial charge in [0.25, 0.3) is 0 Å². The third-order valence-corrected chi connectivity index (χ3v) is 4.18. The number of nitrogens with one attached hydrogen (secondary N) is 1. The van der Waals surface area contributed by atoms with Gasteiger partial charge in [-0.15, -0.1) is 11.8 Å². The van der Waals surface area contributed by atoms with Gasteiger partial charge in [0.1, 0.15) is 18.2 Å². The Labute approximate surface area is 144 Å². The monoisotopic (exact) mass is 347 g/mol. The van der Waals surface area contributed by atoms with Gasteiger partial charge in [0, 0.05) is 10.5 Å². The number of Topliss-reactive ketones (excluding diaryl/α,β-unsaturated/α-hetero) is 1. The fourth-order valence-electron chi connectivity index (χ4n) is 1.91. The van der Waals surface area contributed by atoms with Gasteiger partial charge in [-0.25, -0.2) is 4.39 Å². The summed E-state index contributed by atoms with van der Waals surface area (Å²) in [5.74, 6) is -0.0447. The summed E-state index contributed by atoms with van der Waals surface area (Å²) in [6.45, 7) is 2.12. The number of para-hydroxylation sites is 1. The SMILES string of the molecule is CC(=O)c1ccc(SCC(=O)NCCOc2ccccc2)c(F)c1. The van der Waals surface area contributed by atoms with Crippen LogP contribution in [0.1, 0.15) is 17.3 Å². The molecule has 4 nitrogen and oxygen atoms in total. The highest BCUT2D eigenvalue weighted by molar-refractivity contribution is 8.00. The van der Waals surface area contributed by atoms with Crippen molar-refractivity contribution in [3.8, 4) is 5.75 Å². The molecule has 0 spiro atoms. The van der Waals surface area contributed by atoms with Crippen LogP contribution >= 0.6 is 11.8 Å². The minimum Gasteiger partial charge on any atom is -0.492 e. The molecule has 126 valence electrons. The van der Waals surface area contributed by atoms with Crippen molar-refractivity contribution in [1.82, 2.24) is 5.32 Å². The number of hydrogen-bond acceptors (Lipinski definition) is 4. The molecule has 0 unspecified atom stereocenters. The van der Waals surface area contributed by atoms with Gasteiger partial charge in [-0.3, -0.25) is 9.59 Å². The first-order chi connectivity index (χ1) is 11.6. The highest BCUT2D eigenvalue weighted by Crippen LogP contribution is 2.22. The fraction of sp³-hybridized carbons (Fsp3) is 0.222. The van der Waals surface area contributed by atoms with E-state index in [0.29, 0.717) is 23.6 Å². The second-order valence-electron chi connectivity index (χ2n) is 5.00. The smallest absolute Gasteiger partial charge is 0.230 e. The van der Waals surface area contributed by atoms with E-state index in [0.717, 1.165) is 17.5 Å². The molecule has 0 aromatic heterocycles. The topological polar surface area (TPSA) is 55.4 Å². The van der Waals surface area contributed by atoms with E-state index in [9.17, 15) is 14.0 Å². The standard InChI is InChI=1S/C18H18FNO3S/c1-13(21)14-7-8-17(16(19)11-14)24-12-18(22)20-9-10-23-15-5-3-2-4-6-15/h2-8,11H,9-10,12H2,1H3,(H,20,22). The van der Waals surface area contributed by atoms with E-state index in [1.807, 2.05) is 30.3 Å². The molecule has 0 atom stereocenters. The molecular weight excluding hydrogens is 329 g/mol. The van der Waals surface area contributed by atoms with Gasteiger partial charge in [0.2, 0.25) is 5.91 Å². The second-order valence-corrected chi connectivity index (χ2v) is 6.02. The Hall–Kier alpha value is -2.34. The van der Waals surface area contributed by atoms with E-state index >= 15 is 0 Å². The molecule has 2 aromatic rings. The number of carbonyl (C=O) groups excluding carboxylic acids is 2. The molecule has 0 radical (unpaired) electrons. The number of thioether (sulfide) groups is 1. The Kier molecular flexibility index (Phi) is 6.81. The summed E-state index contributed by atoms with van der Waals surface area (Å²) < 4.78 is 19.3. The number of hydrogen-bond donors (Lipinski definition) is 1. The van der Waals surface area contributed by atoms with E-state index < -0.39 is 5.82 Å². The van der Waals surface area contributed by atoms with Crippen molar-refractivity contribution in [3.05, 3.63) is 59.9 Å². The van der Waals surface area contributed by atoms with Crippen LogP contribution in [0, 0.1) is 5.82 Å². The van der Waals surface area contributed by atoms with E-state index in [-0.39, 0.29) is 17.4 Å². The van der Waals surface area contributed by atoms with Crippen molar-refractivity contribution >= 4 is 23.5 Å². The van der Waals surface area contributed by atoms with E-state index in [1.54, 1.807) is 6.07 Å². The Balaban J connectivity index is 1.70. The maximum Gasteiger partial charge on any atom is 0.230 e. The van der Waals surface area contributed by atoms with Gasteiger partial charge in [-0.1, -0.05) is 24.3 Å². The van der Waals surface area contributed by atoms with Gasteiger partial charge in [0.15, 0.2) is 5.78 Å². The van der Waals surface area contributed by atoms with Crippen LogP contribution in [-0.2, 0) is 4.79 Å². The number of halogens is 1. The summed E-state index contributed by atoms with van der Waals surface area (Å²) in [5, 5.41) is 2.71. The van der Waals surface area contributed by atoms with Crippen molar-refractivity contribution in [3.63, 3.8) is 0 Å². The summed E-state index contributed by atoms with van der Waals surface area (Å²) in [6, 6.07) is 13.6. The Bertz CT molecular complexity index is 707. The average molecular weight is 347 g/mol.